The van der Waals surface area contributed by atoms with Gasteiger partial charge in [0.2, 0.25) is 29.5 Å². The van der Waals surface area contributed by atoms with Crippen molar-refractivity contribution in [3.8, 4) is 0 Å². The molecule has 5 amide bonds. The molecule has 0 spiro atoms. The molecule has 0 aromatic carbocycles. The summed E-state index contributed by atoms with van der Waals surface area (Å²) in [5, 5.41) is 28.5. The number of carboxylic acid groups (broad SMARTS) is 2. The normalized spacial score (nSPS) is 14.5. The Balaban J connectivity index is 5.88. The van der Waals surface area contributed by atoms with Crippen molar-refractivity contribution in [2.45, 2.75) is 116 Å². The Bertz CT molecular complexity index is 991. The van der Waals surface area contributed by atoms with Gasteiger partial charge in [-0.15, -0.1) is 0 Å². The van der Waals surface area contributed by atoms with Crippen molar-refractivity contribution in [3.63, 3.8) is 0 Å². The summed E-state index contributed by atoms with van der Waals surface area (Å²) in [6.07, 6.45) is 0.508. The molecule has 0 rings (SSSR count). The summed E-state index contributed by atoms with van der Waals surface area (Å²) in [6, 6.07) is -6.05. The number of hydrogen-bond acceptors (Lipinski definition) is 9. The molecular weight excluding hydrogens is 578 g/mol. The van der Waals surface area contributed by atoms with Crippen LogP contribution >= 0.6 is 0 Å². The third kappa shape index (κ3) is 17.4. The molecule has 16 heteroatoms. The molecule has 0 aromatic rings. The SMILES string of the molecule is CC(C)C[C@H](NC(=O)[C@H](CC(C)C)NC(=O)[C@@H](N)CCCCN)C(=O)N[C@@H](CCC(=O)O)C(=O)N[C@@H](CCC(N)=O)C(=O)O. The van der Waals surface area contributed by atoms with Crippen LogP contribution in [0.1, 0.15) is 85.5 Å². The summed E-state index contributed by atoms with van der Waals surface area (Å²) in [6.45, 7) is 7.76. The molecule has 0 unspecified atom stereocenters. The van der Waals surface area contributed by atoms with Crippen LogP contribution in [0.4, 0.5) is 0 Å². The third-order valence-electron chi connectivity index (χ3n) is 6.56. The Labute approximate surface area is 258 Å². The van der Waals surface area contributed by atoms with Gasteiger partial charge in [-0.25, -0.2) is 4.79 Å². The highest BCUT2D eigenvalue weighted by atomic mass is 16.4. The average molecular weight is 630 g/mol. The van der Waals surface area contributed by atoms with E-state index in [4.69, 9.17) is 22.3 Å². The van der Waals surface area contributed by atoms with Crippen molar-refractivity contribution in [1.82, 2.24) is 21.3 Å². The molecule has 5 atom stereocenters. The molecule has 0 heterocycles. The minimum absolute atomic E-state index is 0.0160. The summed E-state index contributed by atoms with van der Waals surface area (Å²) in [4.78, 5) is 86.3. The van der Waals surface area contributed by atoms with Crippen molar-refractivity contribution in [1.29, 1.82) is 0 Å². The van der Waals surface area contributed by atoms with Gasteiger partial charge in [0.05, 0.1) is 6.04 Å². The van der Waals surface area contributed by atoms with Crippen LogP contribution in [0.15, 0.2) is 0 Å². The summed E-state index contributed by atoms with van der Waals surface area (Å²) in [5.41, 5.74) is 16.5. The molecule has 0 aliphatic rings. The Morgan fingerprint density at radius 2 is 1.05 bits per heavy atom. The van der Waals surface area contributed by atoms with Gasteiger partial charge in [-0.2, -0.15) is 0 Å². The molecule has 0 fully saturated rings. The molecule has 12 N–H and O–H groups in total. The van der Waals surface area contributed by atoms with Crippen molar-refractivity contribution >= 4 is 41.5 Å². The van der Waals surface area contributed by atoms with Crippen LogP contribution in [-0.2, 0) is 33.6 Å². The molecule has 44 heavy (non-hydrogen) atoms. The van der Waals surface area contributed by atoms with Crippen molar-refractivity contribution in [3.05, 3.63) is 0 Å². The lowest BCUT2D eigenvalue weighted by Crippen LogP contribution is -2.58. The standard InChI is InChI=1S/C28H51N7O9/c1-15(2)13-20(34-24(39)17(30)7-5-6-12-29)27(42)35-21(14-16(3)4)26(41)32-18(9-11-23(37)38)25(40)33-19(28(43)44)8-10-22(31)36/h15-21H,5-14,29-30H2,1-4H3,(H2,31,36)(H,32,41)(H,33,40)(H,34,39)(H,35,42)(H,37,38)(H,43,44)/t17-,18-,19-,20-,21-/m0/s1. The van der Waals surface area contributed by atoms with E-state index in [0.717, 1.165) is 0 Å². The van der Waals surface area contributed by atoms with E-state index in [1.54, 1.807) is 13.8 Å². The summed E-state index contributed by atoms with van der Waals surface area (Å²) >= 11 is 0. The maximum atomic E-state index is 13.4. The van der Waals surface area contributed by atoms with Crippen LogP contribution in [0.5, 0.6) is 0 Å². The van der Waals surface area contributed by atoms with Gasteiger partial charge in [0.15, 0.2) is 0 Å². The van der Waals surface area contributed by atoms with Gasteiger partial charge < -0.3 is 48.7 Å². The second-order valence-corrected chi connectivity index (χ2v) is 11.7. The Morgan fingerprint density at radius 3 is 1.48 bits per heavy atom. The molecule has 0 saturated heterocycles. The van der Waals surface area contributed by atoms with Gasteiger partial charge in [-0.1, -0.05) is 34.1 Å². The lowest BCUT2D eigenvalue weighted by Gasteiger charge is -2.27. The maximum Gasteiger partial charge on any atom is 0.326 e. The van der Waals surface area contributed by atoms with Crippen LogP contribution < -0.4 is 38.5 Å². The fourth-order valence-electron chi connectivity index (χ4n) is 4.22. The zero-order chi connectivity index (χ0) is 34.0. The van der Waals surface area contributed by atoms with E-state index in [2.05, 4.69) is 21.3 Å². The first kappa shape index (κ1) is 40.2. The van der Waals surface area contributed by atoms with Crippen molar-refractivity contribution < 1.29 is 43.8 Å². The van der Waals surface area contributed by atoms with Crippen LogP contribution in [-0.4, -0.2) is 88.4 Å². The quantitative estimate of drug-likeness (QED) is 0.0598. The van der Waals surface area contributed by atoms with E-state index in [1.165, 1.54) is 0 Å². The van der Waals surface area contributed by atoms with Gasteiger partial charge in [-0.05, 0) is 56.9 Å². The first-order chi connectivity index (χ1) is 20.5. The van der Waals surface area contributed by atoms with E-state index >= 15 is 0 Å². The molecule has 0 aliphatic heterocycles. The third-order valence-corrected chi connectivity index (χ3v) is 6.56. The van der Waals surface area contributed by atoms with Crippen LogP contribution in [0.2, 0.25) is 0 Å². The van der Waals surface area contributed by atoms with Crippen LogP contribution in [0.3, 0.4) is 0 Å². The van der Waals surface area contributed by atoms with Gasteiger partial charge in [-0.3, -0.25) is 28.8 Å². The Kier molecular flexibility index (Phi) is 19.2. The highest BCUT2D eigenvalue weighted by Crippen LogP contribution is 2.11. The average Bonchev–Trinajstić information content (AvgIpc) is 2.91. The topological polar surface area (TPSA) is 286 Å². The van der Waals surface area contributed by atoms with Crippen LogP contribution in [0, 0.1) is 11.8 Å². The Morgan fingerprint density at radius 1 is 0.614 bits per heavy atom. The number of rotatable bonds is 23. The number of hydrogen-bond donors (Lipinski definition) is 9. The predicted molar refractivity (Wildman–Crippen MR) is 160 cm³/mol. The van der Waals surface area contributed by atoms with E-state index in [1.807, 2.05) is 13.8 Å². The second-order valence-electron chi connectivity index (χ2n) is 11.7. The molecule has 252 valence electrons. The first-order valence-electron chi connectivity index (χ1n) is 14.9. The van der Waals surface area contributed by atoms with Crippen LogP contribution in [0.25, 0.3) is 0 Å². The highest BCUT2D eigenvalue weighted by Gasteiger charge is 2.32. The number of carboxylic acids is 2. The van der Waals surface area contributed by atoms with Crippen molar-refractivity contribution in [2.75, 3.05) is 6.54 Å². The van der Waals surface area contributed by atoms with Gasteiger partial charge in [0, 0.05) is 12.8 Å². The Hall–Kier alpha value is -3.79. The number of nitrogens with two attached hydrogens (primary N) is 3. The fraction of sp³-hybridized carbons (Fsp3) is 0.750. The van der Waals surface area contributed by atoms with Gasteiger partial charge in [0.1, 0.15) is 24.2 Å². The van der Waals surface area contributed by atoms with Gasteiger partial charge >= 0.3 is 11.9 Å². The molecular formula is C28H51N7O9. The first-order valence-corrected chi connectivity index (χ1v) is 14.9. The number of carbonyl (C=O) groups is 7. The fourth-order valence-corrected chi connectivity index (χ4v) is 4.22. The zero-order valence-electron chi connectivity index (χ0n) is 26.1. The molecule has 0 aliphatic carbocycles. The van der Waals surface area contributed by atoms with E-state index in [-0.39, 0.29) is 43.9 Å². The molecule has 16 nitrogen and oxygen atoms in total. The number of carbonyl (C=O) groups excluding carboxylic acids is 5. The van der Waals surface area contributed by atoms with E-state index in [0.29, 0.717) is 25.8 Å². The summed E-state index contributed by atoms with van der Waals surface area (Å²) in [5.74, 6) is -6.60. The number of unbranched alkanes of at least 4 members (excludes halogenated alkanes) is 1. The lowest BCUT2D eigenvalue weighted by atomic mass is 9.99. The summed E-state index contributed by atoms with van der Waals surface area (Å²) < 4.78 is 0. The maximum absolute atomic E-state index is 13.4. The zero-order valence-corrected chi connectivity index (χ0v) is 26.1. The number of aliphatic carboxylic acids is 2. The van der Waals surface area contributed by atoms with E-state index in [9.17, 15) is 38.7 Å². The molecule has 0 bridgehead atoms. The van der Waals surface area contributed by atoms with E-state index < -0.39 is 78.1 Å². The molecule has 0 radical (unpaired) electrons. The largest absolute Gasteiger partial charge is 0.481 e. The molecule has 0 saturated carbocycles. The number of amides is 5. The second kappa shape index (κ2) is 21.0. The monoisotopic (exact) mass is 629 g/mol. The highest BCUT2D eigenvalue weighted by molar-refractivity contribution is 5.95. The molecule has 0 aromatic heterocycles. The lowest BCUT2D eigenvalue weighted by molar-refractivity contribution is -0.143. The smallest absolute Gasteiger partial charge is 0.326 e. The van der Waals surface area contributed by atoms with Gasteiger partial charge in [0.25, 0.3) is 0 Å². The van der Waals surface area contributed by atoms with Crippen molar-refractivity contribution in [2.24, 2.45) is 29.0 Å². The minimum atomic E-state index is -1.52. The minimum Gasteiger partial charge on any atom is -0.481 e. The number of primary amides is 1. The predicted octanol–water partition coefficient (Wildman–Crippen LogP) is -1.31. The summed E-state index contributed by atoms with van der Waals surface area (Å²) in [7, 11) is 0. The number of nitrogens with one attached hydrogen (secondary N) is 4.